The Balaban J connectivity index is 2.05. The third kappa shape index (κ3) is 3.15. The molecule has 2 aromatic rings. The number of anilines is 2. The fourth-order valence-electron chi connectivity index (χ4n) is 1.62. The molecule has 0 aliphatic rings. The highest BCUT2D eigenvalue weighted by molar-refractivity contribution is 7.16. The van der Waals surface area contributed by atoms with Crippen molar-refractivity contribution in [2.45, 2.75) is 13.0 Å². The zero-order valence-corrected chi connectivity index (χ0v) is 12.2. The standard InChI is InChI=1S/C13H16ClN3S/c1-9(11-5-6-12(14)18-11)16-10-4-7-13(15-8-10)17(2)3/h4-9,16H,1-3H3. The van der Waals surface area contributed by atoms with Crippen LogP contribution in [0.1, 0.15) is 17.8 Å². The van der Waals surface area contributed by atoms with Crippen molar-refractivity contribution in [3.05, 3.63) is 39.7 Å². The van der Waals surface area contributed by atoms with Crippen LogP contribution >= 0.6 is 22.9 Å². The van der Waals surface area contributed by atoms with Crippen LogP contribution in [0.3, 0.4) is 0 Å². The number of halogens is 1. The minimum atomic E-state index is 0.231. The van der Waals surface area contributed by atoms with Crippen molar-refractivity contribution in [2.75, 3.05) is 24.3 Å². The van der Waals surface area contributed by atoms with Crippen molar-refractivity contribution in [3.8, 4) is 0 Å². The Labute approximate surface area is 116 Å². The highest BCUT2D eigenvalue weighted by Crippen LogP contribution is 2.28. The second-order valence-corrected chi connectivity index (χ2v) is 6.05. The Morgan fingerprint density at radius 3 is 2.56 bits per heavy atom. The lowest BCUT2D eigenvalue weighted by molar-refractivity contribution is 0.905. The molecule has 0 aromatic carbocycles. The van der Waals surface area contributed by atoms with E-state index in [2.05, 4.69) is 17.2 Å². The zero-order chi connectivity index (χ0) is 13.1. The molecule has 0 saturated heterocycles. The molecular weight excluding hydrogens is 266 g/mol. The van der Waals surface area contributed by atoms with Crippen LogP contribution in [0.15, 0.2) is 30.5 Å². The Kier molecular flexibility index (Phi) is 4.09. The van der Waals surface area contributed by atoms with E-state index in [0.717, 1.165) is 15.8 Å². The molecule has 1 N–H and O–H groups in total. The molecule has 0 fully saturated rings. The summed E-state index contributed by atoms with van der Waals surface area (Å²) in [5, 5.41) is 3.41. The number of hydrogen-bond acceptors (Lipinski definition) is 4. The van der Waals surface area contributed by atoms with E-state index < -0.39 is 0 Å². The van der Waals surface area contributed by atoms with Gasteiger partial charge < -0.3 is 10.2 Å². The summed E-state index contributed by atoms with van der Waals surface area (Å²) in [4.78, 5) is 7.57. The van der Waals surface area contributed by atoms with Gasteiger partial charge in [0.2, 0.25) is 0 Å². The molecule has 2 rings (SSSR count). The molecule has 96 valence electrons. The Morgan fingerprint density at radius 2 is 2.06 bits per heavy atom. The first-order chi connectivity index (χ1) is 8.56. The molecule has 1 atom stereocenters. The number of thiophene rings is 1. The van der Waals surface area contributed by atoms with Gasteiger partial charge in [-0.15, -0.1) is 11.3 Å². The summed E-state index contributed by atoms with van der Waals surface area (Å²) in [6.45, 7) is 2.11. The van der Waals surface area contributed by atoms with E-state index in [0.29, 0.717) is 0 Å². The molecule has 0 radical (unpaired) electrons. The fraction of sp³-hybridized carbons (Fsp3) is 0.308. The van der Waals surface area contributed by atoms with Crippen molar-refractivity contribution in [1.29, 1.82) is 0 Å². The Bertz CT molecular complexity index is 507. The van der Waals surface area contributed by atoms with Gasteiger partial charge in [-0.2, -0.15) is 0 Å². The number of aromatic nitrogens is 1. The maximum atomic E-state index is 5.94. The van der Waals surface area contributed by atoms with Crippen molar-refractivity contribution in [3.63, 3.8) is 0 Å². The summed E-state index contributed by atoms with van der Waals surface area (Å²) < 4.78 is 0.819. The first-order valence-electron chi connectivity index (χ1n) is 5.71. The van der Waals surface area contributed by atoms with Crippen molar-refractivity contribution < 1.29 is 0 Å². The lowest BCUT2D eigenvalue weighted by atomic mass is 10.2. The highest BCUT2D eigenvalue weighted by Gasteiger charge is 2.08. The van der Waals surface area contributed by atoms with E-state index >= 15 is 0 Å². The van der Waals surface area contributed by atoms with Crippen molar-refractivity contribution in [1.82, 2.24) is 4.98 Å². The summed E-state index contributed by atoms with van der Waals surface area (Å²) in [6.07, 6.45) is 1.85. The quantitative estimate of drug-likeness (QED) is 0.917. The molecule has 5 heteroatoms. The van der Waals surface area contributed by atoms with Crippen LogP contribution in [-0.2, 0) is 0 Å². The summed E-state index contributed by atoms with van der Waals surface area (Å²) in [5.74, 6) is 0.951. The molecule has 0 spiro atoms. The highest BCUT2D eigenvalue weighted by atomic mass is 35.5. The van der Waals surface area contributed by atoms with Crippen LogP contribution in [0.4, 0.5) is 11.5 Å². The van der Waals surface area contributed by atoms with Crippen LogP contribution in [0.5, 0.6) is 0 Å². The van der Waals surface area contributed by atoms with Crippen molar-refractivity contribution in [2.24, 2.45) is 0 Å². The van der Waals surface area contributed by atoms with Crippen LogP contribution < -0.4 is 10.2 Å². The second-order valence-electron chi connectivity index (χ2n) is 4.31. The Hall–Kier alpha value is -1.26. The van der Waals surface area contributed by atoms with Gasteiger partial charge in [-0.05, 0) is 31.2 Å². The van der Waals surface area contributed by atoms with Gasteiger partial charge in [-0.1, -0.05) is 11.6 Å². The molecular formula is C13H16ClN3S. The van der Waals surface area contributed by atoms with Gasteiger partial charge in [0.15, 0.2) is 0 Å². The van der Waals surface area contributed by atoms with Crippen LogP contribution in [0.25, 0.3) is 0 Å². The summed E-state index contributed by atoms with van der Waals surface area (Å²) >= 11 is 7.53. The normalized spacial score (nSPS) is 12.2. The zero-order valence-electron chi connectivity index (χ0n) is 10.6. The molecule has 0 amide bonds. The van der Waals surface area contributed by atoms with Crippen LogP contribution in [0.2, 0.25) is 4.34 Å². The third-order valence-electron chi connectivity index (χ3n) is 2.61. The maximum absolute atomic E-state index is 5.94. The lowest BCUT2D eigenvalue weighted by Crippen LogP contribution is -2.11. The molecule has 0 aliphatic carbocycles. The maximum Gasteiger partial charge on any atom is 0.128 e. The van der Waals surface area contributed by atoms with Crippen molar-refractivity contribution >= 4 is 34.4 Å². The molecule has 0 bridgehead atoms. The van der Waals surface area contributed by atoms with Crippen LogP contribution in [-0.4, -0.2) is 19.1 Å². The van der Waals surface area contributed by atoms with E-state index in [9.17, 15) is 0 Å². The minimum Gasteiger partial charge on any atom is -0.376 e. The number of hydrogen-bond donors (Lipinski definition) is 1. The predicted octanol–water partition coefficient (Wildman–Crippen LogP) is 4.04. The van der Waals surface area contributed by atoms with Crippen LogP contribution in [0, 0.1) is 0 Å². The summed E-state index contributed by atoms with van der Waals surface area (Å²) in [5.41, 5.74) is 1.01. The van der Waals surface area contributed by atoms with Gasteiger partial charge in [0.1, 0.15) is 5.82 Å². The largest absolute Gasteiger partial charge is 0.376 e. The molecule has 1 unspecified atom stereocenters. The predicted molar refractivity (Wildman–Crippen MR) is 79.9 cm³/mol. The molecule has 2 heterocycles. The van der Waals surface area contributed by atoms with Gasteiger partial charge in [0.25, 0.3) is 0 Å². The first kappa shape index (κ1) is 13.2. The average Bonchev–Trinajstić information content (AvgIpc) is 2.76. The van der Waals surface area contributed by atoms with Gasteiger partial charge in [0.05, 0.1) is 22.3 Å². The number of rotatable bonds is 4. The first-order valence-corrected chi connectivity index (χ1v) is 6.91. The molecule has 0 saturated carbocycles. The third-order valence-corrected chi connectivity index (χ3v) is 4.02. The Morgan fingerprint density at radius 1 is 1.28 bits per heavy atom. The average molecular weight is 282 g/mol. The number of pyridine rings is 1. The van der Waals surface area contributed by atoms with E-state index in [1.54, 1.807) is 11.3 Å². The van der Waals surface area contributed by atoms with E-state index in [4.69, 9.17) is 11.6 Å². The topological polar surface area (TPSA) is 28.2 Å². The monoisotopic (exact) mass is 281 g/mol. The van der Waals surface area contributed by atoms with E-state index in [1.807, 2.05) is 49.5 Å². The van der Waals surface area contributed by atoms with E-state index in [1.165, 1.54) is 4.88 Å². The SMILES string of the molecule is CC(Nc1ccc(N(C)C)nc1)c1ccc(Cl)s1. The number of nitrogens with one attached hydrogen (secondary N) is 1. The smallest absolute Gasteiger partial charge is 0.128 e. The second kappa shape index (κ2) is 5.59. The summed E-state index contributed by atoms with van der Waals surface area (Å²) in [6, 6.07) is 8.23. The molecule has 2 aromatic heterocycles. The minimum absolute atomic E-state index is 0.231. The van der Waals surface area contributed by atoms with Gasteiger partial charge >= 0.3 is 0 Å². The molecule has 0 aliphatic heterocycles. The van der Waals surface area contributed by atoms with Gasteiger partial charge in [0, 0.05) is 19.0 Å². The van der Waals surface area contributed by atoms with Gasteiger partial charge in [-0.25, -0.2) is 4.98 Å². The molecule has 3 nitrogen and oxygen atoms in total. The van der Waals surface area contributed by atoms with E-state index in [-0.39, 0.29) is 6.04 Å². The molecule has 18 heavy (non-hydrogen) atoms. The van der Waals surface area contributed by atoms with Gasteiger partial charge in [-0.3, -0.25) is 0 Å². The lowest BCUT2D eigenvalue weighted by Gasteiger charge is -2.15. The fourth-order valence-corrected chi connectivity index (χ4v) is 2.68. The summed E-state index contributed by atoms with van der Waals surface area (Å²) in [7, 11) is 3.96. The number of nitrogens with zero attached hydrogens (tertiary/aromatic N) is 2.